The van der Waals surface area contributed by atoms with E-state index in [1.165, 1.54) is 0 Å². The summed E-state index contributed by atoms with van der Waals surface area (Å²) in [5.41, 5.74) is 2.26. The molecule has 2 rings (SSSR count). The van der Waals surface area contributed by atoms with Gasteiger partial charge in [-0.15, -0.1) is 0 Å². The minimum Gasteiger partial charge on any atom is -0.289 e. The lowest BCUT2D eigenvalue weighted by molar-refractivity contribution is 0.103. The summed E-state index contributed by atoms with van der Waals surface area (Å²) < 4.78 is 0. The Hall–Kier alpha value is -1.60. The van der Waals surface area contributed by atoms with Gasteiger partial charge in [-0.2, -0.15) is 0 Å². The highest BCUT2D eigenvalue weighted by Crippen LogP contribution is 2.20. The van der Waals surface area contributed by atoms with Gasteiger partial charge in [0.15, 0.2) is 5.78 Å². The van der Waals surface area contributed by atoms with Crippen LogP contribution in [-0.4, -0.2) is 5.78 Å². The van der Waals surface area contributed by atoms with E-state index in [0.29, 0.717) is 16.1 Å². The zero-order valence-electron chi connectivity index (χ0n) is 8.91. The van der Waals surface area contributed by atoms with E-state index in [0.717, 1.165) is 5.56 Å². The van der Waals surface area contributed by atoms with Crippen LogP contribution in [0.15, 0.2) is 48.5 Å². The maximum absolute atomic E-state index is 12.1. The maximum atomic E-state index is 12.1. The summed E-state index contributed by atoms with van der Waals surface area (Å²) >= 11 is 6.02. The molecule has 0 fully saturated rings. The molecule has 0 saturated carbocycles. The highest BCUT2D eigenvalue weighted by Gasteiger charge is 2.12. The summed E-state index contributed by atoms with van der Waals surface area (Å²) in [7, 11) is 0. The SMILES string of the molecule is Cc1ccc(Cl)c(C(=O)c2ccccc2)c1. The number of carbonyl (C=O) groups excluding carboxylic acids is 1. The summed E-state index contributed by atoms with van der Waals surface area (Å²) in [4.78, 5) is 12.1. The van der Waals surface area contributed by atoms with Gasteiger partial charge < -0.3 is 0 Å². The van der Waals surface area contributed by atoms with E-state index in [2.05, 4.69) is 0 Å². The largest absolute Gasteiger partial charge is 0.289 e. The van der Waals surface area contributed by atoms with Crippen molar-refractivity contribution in [1.82, 2.24) is 0 Å². The van der Waals surface area contributed by atoms with Crippen molar-refractivity contribution in [3.05, 3.63) is 70.2 Å². The lowest BCUT2D eigenvalue weighted by atomic mass is 10.0. The topological polar surface area (TPSA) is 17.1 Å². The number of halogens is 1. The van der Waals surface area contributed by atoms with Crippen LogP contribution in [0.2, 0.25) is 5.02 Å². The molecule has 0 aromatic heterocycles. The molecule has 2 aromatic carbocycles. The van der Waals surface area contributed by atoms with Gasteiger partial charge in [0.05, 0.1) is 5.02 Å². The van der Waals surface area contributed by atoms with Crippen LogP contribution in [0.4, 0.5) is 0 Å². The van der Waals surface area contributed by atoms with Gasteiger partial charge >= 0.3 is 0 Å². The van der Waals surface area contributed by atoms with Crippen LogP contribution < -0.4 is 0 Å². The molecule has 16 heavy (non-hydrogen) atoms. The molecule has 0 heterocycles. The van der Waals surface area contributed by atoms with Crippen molar-refractivity contribution in [2.45, 2.75) is 6.92 Å². The molecule has 0 atom stereocenters. The molecule has 2 heteroatoms. The van der Waals surface area contributed by atoms with Crippen molar-refractivity contribution < 1.29 is 4.79 Å². The van der Waals surface area contributed by atoms with Crippen molar-refractivity contribution in [2.75, 3.05) is 0 Å². The van der Waals surface area contributed by atoms with Crippen molar-refractivity contribution in [3.63, 3.8) is 0 Å². The minimum atomic E-state index is -0.0331. The second-order valence-electron chi connectivity index (χ2n) is 3.68. The van der Waals surface area contributed by atoms with Crippen LogP contribution >= 0.6 is 11.6 Å². The zero-order valence-corrected chi connectivity index (χ0v) is 9.66. The molecular weight excluding hydrogens is 220 g/mol. The quantitative estimate of drug-likeness (QED) is 0.716. The van der Waals surface area contributed by atoms with E-state index in [1.807, 2.05) is 37.3 Å². The first-order chi connectivity index (χ1) is 7.68. The highest BCUT2D eigenvalue weighted by atomic mass is 35.5. The average molecular weight is 231 g/mol. The van der Waals surface area contributed by atoms with Gasteiger partial charge in [0, 0.05) is 11.1 Å². The van der Waals surface area contributed by atoms with Crippen LogP contribution in [0.3, 0.4) is 0 Å². The molecule has 0 aliphatic carbocycles. The second-order valence-corrected chi connectivity index (χ2v) is 4.09. The molecule has 0 spiro atoms. The Morgan fingerprint density at radius 1 is 1.06 bits per heavy atom. The van der Waals surface area contributed by atoms with Crippen LogP contribution in [0.5, 0.6) is 0 Å². The van der Waals surface area contributed by atoms with Gasteiger partial charge in [-0.3, -0.25) is 4.79 Å². The molecule has 0 aliphatic rings. The van der Waals surface area contributed by atoms with Gasteiger partial charge in [-0.25, -0.2) is 0 Å². The molecule has 0 aliphatic heterocycles. The summed E-state index contributed by atoms with van der Waals surface area (Å²) in [6.45, 7) is 1.94. The first-order valence-corrected chi connectivity index (χ1v) is 5.42. The Morgan fingerprint density at radius 3 is 2.44 bits per heavy atom. The third kappa shape index (κ3) is 2.15. The number of rotatable bonds is 2. The van der Waals surface area contributed by atoms with E-state index >= 15 is 0 Å². The van der Waals surface area contributed by atoms with E-state index in [-0.39, 0.29) is 5.78 Å². The Labute approximate surface area is 99.7 Å². The highest BCUT2D eigenvalue weighted by molar-refractivity contribution is 6.35. The number of ketones is 1. The Bertz CT molecular complexity index is 518. The summed E-state index contributed by atoms with van der Waals surface area (Å²) in [6.07, 6.45) is 0. The van der Waals surface area contributed by atoms with Gasteiger partial charge in [-0.05, 0) is 19.1 Å². The third-order valence-corrected chi connectivity index (χ3v) is 2.73. The van der Waals surface area contributed by atoms with Gasteiger partial charge in [0.1, 0.15) is 0 Å². The van der Waals surface area contributed by atoms with Crippen LogP contribution in [-0.2, 0) is 0 Å². The van der Waals surface area contributed by atoms with E-state index in [9.17, 15) is 4.79 Å². The fourth-order valence-corrected chi connectivity index (χ4v) is 1.76. The van der Waals surface area contributed by atoms with Crippen molar-refractivity contribution in [1.29, 1.82) is 0 Å². The summed E-state index contributed by atoms with van der Waals surface area (Å²) in [5, 5.41) is 0.499. The fourth-order valence-electron chi connectivity index (χ4n) is 1.56. The summed E-state index contributed by atoms with van der Waals surface area (Å²) in [6, 6.07) is 14.6. The summed E-state index contributed by atoms with van der Waals surface area (Å²) in [5.74, 6) is -0.0331. The molecule has 1 nitrogen and oxygen atoms in total. The first-order valence-electron chi connectivity index (χ1n) is 5.04. The van der Waals surface area contributed by atoms with Crippen LogP contribution in [0.25, 0.3) is 0 Å². The maximum Gasteiger partial charge on any atom is 0.194 e. The predicted octanol–water partition coefficient (Wildman–Crippen LogP) is 3.88. The smallest absolute Gasteiger partial charge is 0.194 e. The monoisotopic (exact) mass is 230 g/mol. The molecule has 0 radical (unpaired) electrons. The van der Waals surface area contributed by atoms with Crippen LogP contribution in [0.1, 0.15) is 21.5 Å². The molecule has 0 unspecified atom stereocenters. The number of hydrogen-bond donors (Lipinski definition) is 0. The van der Waals surface area contributed by atoms with E-state index < -0.39 is 0 Å². The zero-order chi connectivity index (χ0) is 11.5. The lowest BCUT2D eigenvalue weighted by Gasteiger charge is -2.04. The average Bonchev–Trinajstić information content (AvgIpc) is 2.32. The molecular formula is C14H11ClO. The Balaban J connectivity index is 2.46. The van der Waals surface area contributed by atoms with Gasteiger partial charge in [0.25, 0.3) is 0 Å². The third-order valence-electron chi connectivity index (χ3n) is 2.40. The van der Waals surface area contributed by atoms with Crippen LogP contribution in [0, 0.1) is 6.92 Å². The van der Waals surface area contributed by atoms with E-state index in [4.69, 9.17) is 11.6 Å². The predicted molar refractivity (Wildman–Crippen MR) is 66.1 cm³/mol. The molecule has 80 valence electrons. The first kappa shape index (κ1) is 10.9. The van der Waals surface area contributed by atoms with E-state index in [1.54, 1.807) is 18.2 Å². The fraction of sp³-hybridized carbons (Fsp3) is 0.0714. The lowest BCUT2D eigenvalue weighted by Crippen LogP contribution is -2.02. The number of hydrogen-bond acceptors (Lipinski definition) is 1. The van der Waals surface area contributed by atoms with Crippen molar-refractivity contribution in [2.24, 2.45) is 0 Å². The number of carbonyl (C=O) groups is 1. The molecule has 0 bridgehead atoms. The normalized spacial score (nSPS) is 10.1. The number of aryl methyl sites for hydroxylation is 1. The molecule has 0 amide bonds. The molecule has 2 aromatic rings. The van der Waals surface area contributed by atoms with Crippen molar-refractivity contribution in [3.8, 4) is 0 Å². The van der Waals surface area contributed by atoms with Gasteiger partial charge in [0.2, 0.25) is 0 Å². The molecule has 0 N–H and O–H groups in total. The number of benzene rings is 2. The standard InChI is InChI=1S/C14H11ClO/c1-10-7-8-13(15)12(9-10)14(16)11-5-3-2-4-6-11/h2-9H,1H3. The second kappa shape index (κ2) is 4.50. The molecule has 0 saturated heterocycles. The van der Waals surface area contributed by atoms with Gasteiger partial charge in [-0.1, -0.05) is 53.6 Å². The Kier molecular flexibility index (Phi) is 3.07. The van der Waals surface area contributed by atoms with Crippen molar-refractivity contribution >= 4 is 17.4 Å². The minimum absolute atomic E-state index is 0.0331. The Morgan fingerprint density at radius 2 is 1.75 bits per heavy atom.